The molecule has 21 heavy (non-hydrogen) atoms. The minimum atomic E-state index is -0.871. The van der Waals surface area contributed by atoms with E-state index in [4.69, 9.17) is 11.6 Å². The van der Waals surface area contributed by atoms with E-state index in [0.29, 0.717) is 0 Å². The molecule has 0 aliphatic rings. The van der Waals surface area contributed by atoms with Gasteiger partial charge in [-0.3, -0.25) is 14.9 Å². The number of nitro groups is 1. The van der Waals surface area contributed by atoms with Gasteiger partial charge in [-0.15, -0.1) is 0 Å². The molecule has 6 nitrogen and oxygen atoms in total. The summed E-state index contributed by atoms with van der Waals surface area (Å²) in [4.78, 5) is 22.1. The van der Waals surface area contributed by atoms with E-state index in [-0.39, 0.29) is 11.3 Å². The minimum absolute atomic E-state index is 0.200. The topological polar surface area (TPSA) is 92.5 Å². The maximum Gasteiger partial charge on any atom is 0.296 e. The third kappa shape index (κ3) is 2.92. The molecule has 0 aromatic heterocycles. The Labute approximate surface area is 122 Å². The Bertz CT molecular complexity index is 736. The van der Waals surface area contributed by atoms with Gasteiger partial charge in [0.1, 0.15) is 11.6 Å². The molecule has 1 amide bonds. The smallest absolute Gasteiger partial charge is 0.296 e. The fraction of sp³-hybridized carbons (Fsp3) is 0. The van der Waals surface area contributed by atoms with Gasteiger partial charge in [0.05, 0.1) is 15.5 Å². The highest BCUT2D eigenvalue weighted by molar-refractivity contribution is 6.34. The molecule has 2 aromatic carbocycles. The van der Waals surface area contributed by atoms with E-state index in [0.717, 1.165) is 12.1 Å². The van der Waals surface area contributed by atoms with E-state index in [2.05, 4.69) is 5.32 Å². The molecule has 108 valence electrons. The maximum absolute atomic E-state index is 13.3. The van der Waals surface area contributed by atoms with Gasteiger partial charge in [-0.1, -0.05) is 23.7 Å². The van der Waals surface area contributed by atoms with Gasteiger partial charge in [-0.2, -0.15) is 0 Å². The van der Waals surface area contributed by atoms with Gasteiger partial charge in [-0.25, -0.2) is 4.39 Å². The average molecular weight is 311 g/mol. The Morgan fingerprint density at radius 1 is 1.29 bits per heavy atom. The van der Waals surface area contributed by atoms with Crippen LogP contribution in [0.4, 0.5) is 15.8 Å². The summed E-state index contributed by atoms with van der Waals surface area (Å²) in [6, 6.07) is 7.15. The van der Waals surface area contributed by atoms with Crippen molar-refractivity contribution in [2.75, 3.05) is 5.32 Å². The number of nitrogens with one attached hydrogen (secondary N) is 1. The van der Waals surface area contributed by atoms with Crippen molar-refractivity contribution < 1.29 is 19.2 Å². The lowest BCUT2D eigenvalue weighted by atomic mass is 10.2. The Hall–Kier alpha value is -2.67. The molecular weight excluding hydrogens is 303 g/mol. The average Bonchev–Trinajstić information content (AvgIpc) is 2.43. The number of carbonyl (C=O) groups excluding carboxylic acids is 1. The summed E-state index contributed by atoms with van der Waals surface area (Å²) in [5, 5.41) is 22.3. The molecule has 0 saturated heterocycles. The van der Waals surface area contributed by atoms with Crippen molar-refractivity contribution in [3.63, 3.8) is 0 Å². The van der Waals surface area contributed by atoms with Crippen LogP contribution >= 0.6 is 11.6 Å². The van der Waals surface area contributed by atoms with Crippen molar-refractivity contribution in [1.29, 1.82) is 0 Å². The molecule has 0 aliphatic heterocycles. The first-order valence-electron chi connectivity index (χ1n) is 5.63. The van der Waals surface area contributed by atoms with E-state index < -0.39 is 33.1 Å². The third-order valence-corrected chi connectivity index (χ3v) is 3.04. The molecule has 0 radical (unpaired) electrons. The number of amides is 1. The van der Waals surface area contributed by atoms with Crippen LogP contribution in [-0.2, 0) is 0 Å². The molecule has 0 bridgehead atoms. The standard InChI is InChI=1S/C13H8ClFN2O4/c14-11-7(3-1-4-8(11)15)13(19)16-12-9(17(20)21)5-2-6-10(12)18/h1-6,18H,(H,16,19). The fourth-order valence-electron chi connectivity index (χ4n) is 1.67. The van der Waals surface area contributed by atoms with Crippen molar-refractivity contribution >= 4 is 28.9 Å². The Kier molecular flexibility index (Phi) is 4.04. The van der Waals surface area contributed by atoms with Gasteiger partial charge in [0.25, 0.3) is 11.6 Å². The minimum Gasteiger partial charge on any atom is -0.505 e. The number of hydrogen-bond donors (Lipinski definition) is 2. The predicted octanol–water partition coefficient (Wildman–Crippen LogP) is 3.35. The maximum atomic E-state index is 13.3. The normalized spacial score (nSPS) is 10.2. The number of phenols is 1. The Morgan fingerprint density at radius 3 is 2.62 bits per heavy atom. The van der Waals surface area contributed by atoms with E-state index in [1.807, 2.05) is 0 Å². The molecule has 8 heteroatoms. The highest BCUT2D eigenvalue weighted by Crippen LogP contribution is 2.34. The van der Waals surface area contributed by atoms with E-state index in [1.165, 1.54) is 24.3 Å². The second-order valence-corrected chi connectivity index (χ2v) is 4.36. The number of aromatic hydroxyl groups is 1. The first-order valence-corrected chi connectivity index (χ1v) is 6.01. The van der Waals surface area contributed by atoms with Gasteiger partial charge < -0.3 is 10.4 Å². The number of rotatable bonds is 3. The zero-order chi connectivity index (χ0) is 15.6. The van der Waals surface area contributed by atoms with Gasteiger partial charge >= 0.3 is 0 Å². The van der Waals surface area contributed by atoms with Crippen LogP contribution in [0.15, 0.2) is 36.4 Å². The van der Waals surface area contributed by atoms with Crippen molar-refractivity contribution in [2.45, 2.75) is 0 Å². The van der Waals surface area contributed by atoms with Crippen LogP contribution in [0, 0.1) is 15.9 Å². The van der Waals surface area contributed by atoms with Crippen LogP contribution in [0.1, 0.15) is 10.4 Å². The molecular formula is C13H8ClFN2O4. The SMILES string of the molecule is O=C(Nc1c(O)cccc1[N+](=O)[O-])c1cccc(F)c1Cl. The lowest BCUT2D eigenvalue weighted by Crippen LogP contribution is -2.14. The number of nitro benzene ring substituents is 1. The van der Waals surface area contributed by atoms with Crippen molar-refractivity contribution in [2.24, 2.45) is 0 Å². The molecule has 2 N–H and O–H groups in total. The van der Waals surface area contributed by atoms with Crippen LogP contribution in [0.3, 0.4) is 0 Å². The Balaban J connectivity index is 2.41. The van der Waals surface area contributed by atoms with Gasteiger partial charge in [0.15, 0.2) is 5.69 Å². The second-order valence-electron chi connectivity index (χ2n) is 3.98. The molecule has 2 rings (SSSR count). The van der Waals surface area contributed by atoms with Crippen LogP contribution in [-0.4, -0.2) is 15.9 Å². The van der Waals surface area contributed by atoms with E-state index in [9.17, 15) is 24.4 Å². The van der Waals surface area contributed by atoms with Crippen molar-refractivity contribution in [3.05, 3.63) is 62.9 Å². The second kappa shape index (κ2) is 5.76. The molecule has 0 aliphatic carbocycles. The molecule has 0 fully saturated rings. The molecule has 0 saturated carbocycles. The lowest BCUT2D eigenvalue weighted by molar-refractivity contribution is -0.384. The summed E-state index contributed by atoms with van der Waals surface area (Å²) in [5.74, 6) is -2.15. The first kappa shape index (κ1) is 14.7. The third-order valence-electron chi connectivity index (χ3n) is 2.65. The van der Waals surface area contributed by atoms with Crippen molar-refractivity contribution in [1.82, 2.24) is 0 Å². The number of carbonyl (C=O) groups is 1. The quantitative estimate of drug-likeness (QED) is 0.516. The lowest BCUT2D eigenvalue weighted by Gasteiger charge is -2.09. The first-order chi connectivity index (χ1) is 9.91. The van der Waals surface area contributed by atoms with Gasteiger partial charge in [-0.05, 0) is 18.2 Å². The summed E-state index contributed by atoms with van der Waals surface area (Å²) in [6.07, 6.45) is 0. The molecule has 0 spiro atoms. The van der Waals surface area contributed by atoms with Crippen molar-refractivity contribution in [3.8, 4) is 5.75 Å². The zero-order valence-corrected chi connectivity index (χ0v) is 11.1. The molecule has 0 unspecified atom stereocenters. The Morgan fingerprint density at radius 2 is 1.95 bits per heavy atom. The highest BCUT2D eigenvalue weighted by atomic mass is 35.5. The summed E-state index contributed by atoms with van der Waals surface area (Å²) in [5.41, 5.74) is -1.07. The van der Waals surface area contributed by atoms with Crippen LogP contribution in [0.5, 0.6) is 5.75 Å². The zero-order valence-electron chi connectivity index (χ0n) is 10.3. The number of para-hydroxylation sites is 1. The van der Waals surface area contributed by atoms with Crippen LogP contribution < -0.4 is 5.32 Å². The monoisotopic (exact) mass is 310 g/mol. The number of phenolic OH excluding ortho intramolecular Hbond substituents is 1. The molecule has 0 heterocycles. The predicted molar refractivity (Wildman–Crippen MR) is 74.1 cm³/mol. The number of benzene rings is 2. The number of anilines is 1. The molecule has 2 aromatic rings. The van der Waals surface area contributed by atoms with E-state index >= 15 is 0 Å². The summed E-state index contributed by atoms with van der Waals surface area (Å²) < 4.78 is 13.3. The largest absolute Gasteiger partial charge is 0.505 e. The van der Waals surface area contributed by atoms with Crippen LogP contribution in [0.25, 0.3) is 0 Å². The number of halogens is 2. The number of nitrogens with zero attached hydrogens (tertiary/aromatic N) is 1. The number of hydrogen-bond acceptors (Lipinski definition) is 4. The van der Waals surface area contributed by atoms with Gasteiger partial charge in [0, 0.05) is 6.07 Å². The summed E-state index contributed by atoms with van der Waals surface area (Å²) in [7, 11) is 0. The van der Waals surface area contributed by atoms with Gasteiger partial charge in [0.2, 0.25) is 0 Å². The molecule has 0 atom stereocenters. The highest BCUT2D eigenvalue weighted by Gasteiger charge is 2.21. The summed E-state index contributed by atoms with van der Waals surface area (Å²) >= 11 is 5.66. The summed E-state index contributed by atoms with van der Waals surface area (Å²) in [6.45, 7) is 0. The van der Waals surface area contributed by atoms with Crippen LogP contribution in [0.2, 0.25) is 5.02 Å². The van der Waals surface area contributed by atoms with E-state index in [1.54, 1.807) is 0 Å². The fourth-order valence-corrected chi connectivity index (χ4v) is 1.88.